The molecule has 0 saturated carbocycles. The lowest BCUT2D eigenvalue weighted by molar-refractivity contribution is 0.0597. The number of methoxy groups -OCH3 is 1. The summed E-state index contributed by atoms with van der Waals surface area (Å²) in [4.78, 5) is 11.6. The van der Waals surface area contributed by atoms with E-state index in [-0.39, 0.29) is 12.4 Å². The fourth-order valence-electron chi connectivity index (χ4n) is 1.67. The summed E-state index contributed by atoms with van der Waals surface area (Å²) < 4.78 is 23.5. The zero-order valence-electron chi connectivity index (χ0n) is 10.4. The maximum Gasteiger partial charge on any atom is 0.338 e. The Morgan fingerprint density at radius 1 is 1.11 bits per heavy atom. The van der Waals surface area contributed by atoms with Crippen molar-refractivity contribution in [1.82, 2.24) is 0 Å². The second-order valence-corrected chi connectivity index (χ2v) is 3.87. The zero-order valence-corrected chi connectivity index (χ0v) is 10.4. The highest BCUT2D eigenvalue weighted by atomic mass is 19.1. The standard InChI is InChI=1S/C15H13FO3/c1-18-15(17)12-7-3-2-6-11(12)10-19-14-9-5-4-8-13(14)16/h2-9H,10H2,1H3. The van der Waals surface area contributed by atoms with Crippen LogP contribution in [0.1, 0.15) is 15.9 Å². The summed E-state index contributed by atoms with van der Waals surface area (Å²) in [7, 11) is 1.32. The quantitative estimate of drug-likeness (QED) is 0.792. The van der Waals surface area contributed by atoms with Crippen molar-refractivity contribution >= 4 is 5.97 Å². The van der Waals surface area contributed by atoms with Crippen molar-refractivity contribution in [2.24, 2.45) is 0 Å². The van der Waals surface area contributed by atoms with E-state index in [0.717, 1.165) is 0 Å². The van der Waals surface area contributed by atoms with Crippen LogP contribution in [0.4, 0.5) is 4.39 Å². The number of hydrogen-bond acceptors (Lipinski definition) is 3. The van der Waals surface area contributed by atoms with Gasteiger partial charge in [-0.05, 0) is 18.2 Å². The average Bonchev–Trinajstić information content (AvgIpc) is 2.46. The monoisotopic (exact) mass is 260 g/mol. The predicted octanol–water partition coefficient (Wildman–Crippen LogP) is 3.19. The minimum atomic E-state index is -0.437. The van der Waals surface area contributed by atoms with Crippen molar-refractivity contribution in [3.63, 3.8) is 0 Å². The van der Waals surface area contributed by atoms with Gasteiger partial charge in [-0.3, -0.25) is 0 Å². The zero-order chi connectivity index (χ0) is 13.7. The lowest BCUT2D eigenvalue weighted by atomic mass is 10.1. The number of ether oxygens (including phenoxy) is 2. The van der Waals surface area contributed by atoms with Crippen molar-refractivity contribution in [2.75, 3.05) is 7.11 Å². The van der Waals surface area contributed by atoms with Crippen LogP contribution in [-0.2, 0) is 11.3 Å². The minimum absolute atomic E-state index is 0.103. The number of rotatable bonds is 4. The van der Waals surface area contributed by atoms with Gasteiger partial charge < -0.3 is 9.47 Å². The van der Waals surface area contributed by atoms with E-state index < -0.39 is 11.8 Å². The van der Waals surface area contributed by atoms with E-state index in [9.17, 15) is 9.18 Å². The van der Waals surface area contributed by atoms with Gasteiger partial charge in [-0.25, -0.2) is 9.18 Å². The van der Waals surface area contributed by atoms with Gasteiger partial charge in [-0.1, -0.05) is 30.3 Å². The van der Waals surface area contributed by atoms with E-state index in [0.29, 0.717) is 11.1 Å². The highest BCUT2D eigenvalue weighted by Crippen LogP contribution is 2.18. The van der Waals surface area contributed by atoms with Crippen molar-refractivity contribution in [2.45, 2.75) is 6.61 Å². The molecule has 0 aliphatic rings. The van der Waals surface area contributed by atoms with Gasteiger partial charge in [0.1, 0.15) is 6.61 Å². The molecule has 0 heterocycles. The molecule has 0 saturated heterocycles. The van der Waals surface area contributed by atoms with Crippen molar-refractivity contribution in [3.05, 3.63) is 65.5 Å². The molecule has 0 spiro atoms. The topological polar surface area (TPSA) is 35.5 Å². The molecule has 0 radical (unpaired) electrons. The number of halogens is 1. The molecule has 0 bridgehead atoms. The van der Waals surface area contributed by atoms with E-state index in [2.05, 4.69) is 4.74 Å². The third kappa shape index (κ3) is 3.10. The van der Waals surface area contributed by atoms with Crippen LogP contribution in [0.5, 0.6) is 5.75 Å². The van der Waals surface area contributed by atoms with Crippen LogP contribution in [0, 0.1) is 5.82 Å². The number of carbonyl (C=O) groups excluding carboxylic acids is 1. The molecule has 0 N–H and O–H groups in total. The first kappa shape index (κ1) is 13.1. The molecular formula is C15H13FO3. The normalized spacial score (nSPS) is 10.0. The van der Waals surface area contributed by atoms with Crippen molar-refractivity contribution in [1.29, 1.82) is 0 Å². The third-order valence-corrected chi connectivity index (χ3v) is 2.64. The Bertz CT molecular complexity index is 581. The van der Waals surface area contributed by atoms with Gasteiger partial charge in [0.2, 0.25) is 0 Å². The Kier molecular flexibility index (Phi) is 4.13. The molecule has 0 atom stereocenters. The smallest absolute Gasteiger partial charge is 0.338 e. The Hall–Kier alpha value is -2.36. The van der Waals surface area contributed by atoms with Crippen LogP contribution >= 0.6 is 0 Å². The molecule has 4 heteroatoms. The van der Waals surface area contributed by atoms with Crippen LogP contribution in [-0.4, -0.2) is 13.1 Å². The average molecular weight is 260 g/mol. The first-order chi connectivity index (χ1) is 9.22. The third-order valence-electron chi connectivity index (χ3n) is 2.64. The van der Waals surface area contributed by atoms with Crippen molar-refractivity contribution in [3.8, 4) is 5.75 Å². The number of para-hydroxylation sites is 1. The summed E-state index contributed by atoms with van der Waals surface area (Å²) in [6.07, 6.45) is 0. The van der Waals surface area contributed by atoms with Gasteiger partial charge >= 0.3 is 5.97 Å². The molecule has 2 aromatic carbocycles. The van der Waals surface area contributed by atoms with Crippen LogP contribution in [0.15, 0.2) is 48.5 Å². The Morgan fingerprint density at radius 3 is 2.53 bits per heavy atom. The Labute approximate surface area is 110 Å². The maximum atomic E-state index is 13.4. The molecular weight excluding hydrogens is 247 g/mol. The summed E-state index contributed by atoms with van der Waals surface area (Å²) >= 11 is 0. The molecule has 0 aliphatic carbocycles. The Balaban J connectivity index is 2.16. The minimum Gasteiger partial charge on any atom is -0.486 e. The van der Waals surface area contributed by atoms with Crippen LogP contribution in [0.3, 0.4) is 0 Å². The summed E-state index contributed by atoms with van der Waals surface area (Å²) in [6, 6.07) is 13.0. The Morgan fingerprint density at radius 2 is 1.79 bits per heavy atom. The van der Waals surface area contributed by atoms with Gasteiger partial charge in [0.05, 0.1) is 12.7 Å². The van der Waals surface area contributed by atoms with Gasteiger partial charge in [-0.2, -0.15) is 0 Å². The highest BCUT2D eigenvalue weighted by molar-refractivity contribution is 5.90. The fraction of sp³-hybridized carbons (Fsp3) is 0.133. The van der Waals surface area contributed by atoms with Crippen LogP contribution in [0.25, 0.3) is 0 Å². The first-order valence-electron chi connectivity index (χ1n) is 5.76. The van der Waals surface area contributed by atoms with Crippen molar-refractivity contribution < 1.29 is 18.7 Å². The molecule has 0 fully saturated rings. The van der Waals surface area contributed by atoms with E-state index in [4.69, 9.17) is 4.74 Å². The molecule has 0 amide bonds. The number of esters is 1. The SMILES string of the molecule is COC(=O)c1ccccc1COc1ccccc1F. The molecule has 2 rings (SSSR count). The largest absolute Gasteiger partial charge is 0.486 e. The van der Waals surface area contributed by atoms with Gasteiger partial charge in [0.15, 0.2) is 11.6 Å². The lowest BCUT2D eigenvalue weighted by Gasteiger charge is -2.10. The predicted molar refractivity (Wildman–Crippen MR) is 68.5 cm³/mol. The van der Waals surface area contributed by atoms with Crippen LogP contribution < -0.4 is 4.74 Å². The van der Waals surface area contributed by atoms with E-state index in [1.54, 1.807) is 36.4 Å². The number of carbonyl (C=O) groups is 1. The van der Waals surface area contributed by atoms with E-state index in [1.807, 2.05) is 0 Å². The molecule has 0 aliphatic heterocycles. The molecule has 98 valence electrons. The summed E-state index contributed by atoms with van der Waals surface area (Å²) in [5, 5.41) is 0. The molecule has 0 unspecified atom stereocenters. The number of benzene rings is 2. The second kappa shape index (κ2) is 6.00. The van der Waals surface area contributed by atoms with E-state index in [1.165, 1.54) is 19.2 Å². The molecule has 2 aromatic rings. The summed E-state index contributed by atoms with van der Waals surface area (Å²) in [5.74, 6) is -0.715. The lowest BCUT2D eigenvalue weighted by Crippen LogP contribution is -2.08. The summed E-state index contributed by atoms with van der Waals surface area (Å²) in [5.41, 5.74) is 1.07. The molecule has 0 aromatic heterocycles. The first-order valence-corrected chi connectivity index (χ1v) is 5.76. The summed E-state index contributed by atoms with van der Waals surface area (Å²) in [6.45, 7) is 0.103. The van der Waals surface area contributed by atoms with Gasteiger partial charge in [0, 0.05) is 5.56 Å². The van der Waals surface area contributed by atoms with E-state index >= 15 is 0 Å². The highest BCUT2D eigenvalue weighted by Gasteiger charge is 2.11. The second-order valence-electron chi connectivity index (χ2n) is 3.87. The van der Waals surface area contributed by atoms with Crippen LogP contribution in [0.2, 0.25) is 0 Å². The fourth-order valence-corrected chi connectivity index (χ4v) is 1.67. The molecule has 19 heavy (non-hydrogen) atoms. The van der Waals surface area contributed by atoms with Gasteiger partial charge in [-0.15, -0.1) is 0 Å². The maximum absolute atomic E-state index is 13.4. The molecule has 3 nitrogen and oxygen atoms in total. The van der Waals surface area contributed by atoms with Gasteiger partial charge in [0.25, 0.3) is 0 Å². The number of hydrogen-bond donors (Lipinski definition) is 0.